The van der Waals surface area contributed by atoms with Gasteiger partial charge in [-0.25, -0.2) is 4.79 Å². The summed E-state index contributed by atoms with van der Waals surface area (Å²) in [5.41, 5.74) is 0.983. The van der Waals surface area contributed by atoms with Gasteiger partial charge in [-0.2, -0.15) is 0 Å². The van der Waals surface area contributed by atoms with Crippen LogP contribution in [0.4, 0.5) is 10.5 Å². The lowest BCUT2D eigenvalue weighted by atomic mass is 10.0. The largest absolute Gasteiger partial charge is 0.496 e. The van der Waals surface area contributed by atoms with E-state index in [-0.39, 0.29) is 18.1 Å². The van der Waals surface area contributed by atoms with Gasteiger partial charge in [-0.15, -0.1) is 0 Å². The number of nitrogens with zero attached hydrogens (tertiary/aromatic N) is 1. The Labute approximate surface area is 197 Å². The van der Waals surface area contributed by atoms with Gasteiger partial charge in [0.15, 0.2) is 0 Å². The molecule has 2 aromatic rings. The molecule has 0 unspecified atom stereocenters. The number of ether oxygens (including phenoxy) is 2. The highest BCUT2D eigenvalue weighted by molar-refractivity contribution is 6.31. The van der Waals surface area contributed by atoms with Crippen LogP contribution in [-0.4, -0.2) is 41.3 Å². The zero-order valence-corrected chi connectivity index (χ0v) is 19.7. The van der Waals surface area contributed by atoms with Gasteiger partial charge in [0.1, 0.15) is 23.7 Å². The van der Waals surface area contributed by atoms with Gasteiger partial charge in [-0.1, -0.05) is 6.07 Å². The van der Waals surface area contributed by atoms with Crippen LogP contribution < -0.4 is 20.1 Å². The second-order valence-electron chi connectivity index (χ2n) is 8.69. The van der Waals surface area contributed by atoms with E-state index in [4.69, 9.17) is 9.47 Å². The number of benzene rings is 2. The van der Waals surface area contributed by atoms with Gasteiger partial charge < -0.3 is 14.8 Å². The van der Waals surface area contributed by atoms with E-state index >= 15 is 0 Å². The molecule has 3 rings (SSSR count). The van der Waals surface area contributed by atoms with Crippen LogP contribution in [0.2, 0.25) is 0 Å². The fourth-order valence-corrected chi connectivity index (χ4v) is 3.43. The Kier molecular flexibility index (Phi) is 7.05. The van der Waals surface area contributed by atoms with Crippen molar-refractivity contribution in [2.24, 2.45) is 0 Å². The van der Waals surface area contributed by atoms with Crippen LogP contribution >= 0.6 is 0 Å². The van der Waals surface area contributed by atoms with Crippen molar-refractivity contribution in [3.63, 3.8) is 0 Å². The first kappa shape index (κ1) is 24.5. The number of imide groups is 2. The molecule has 0 aromatic heterocycles. The topological polar surface area (TPSA) is 114 Å². The van der Waals surface area contributed by atoms with E-state index in [0.717, 1.165) is 4.90 Å². The Bertz CT molecular complexity index is 1160. The van der Waals surface area contributed by atoms with Crippen molar-refractivity contribution < 1.29 is 28.7 Å². The van der Waals surface area contributed by atoms with Crippen LogP contribution in [0.15, 0.2) is 48.0 Å². The Morgan fingerprint density at radius 3 is 2.35 bits per heavy atom. The number of anilines is 1. The fraction of sp³-hybridized carbons (Fsp3) is 0.280. The number of carbonyl (C=O) groups is 4. The van der Waals surface area contributed by atoms with Crippen molar-refractivity contribution in [2.45, 2.75) is 39.8 Å². The van der Waals surface area contributed by atoms with Gasteiger partial charge in [0.25, 0.3) is 11.8 Å². The lowest BCUT2D eigenvalue weighted by molar-refractivity contribution is -0.133. The second kappa shape index (κ2) is 9.78. The molecule has 1 fully saturated rings. The summed E-state index contributed by atoms with van der Waals surface area (Å²) in [6, 6.07) is 11.3. The molecule has 0 bridgehead atoms. The average Bonchev–Trinajstić information content (AvgIpc) is 2.74. The molecule has 9 nitrogen and oxygen atoms in total. The summed E-state index contributed by atoms with van der Waals surface area (Å²) < 4.78 is 11.3. The molecule has 1 aliphatic heterocycles. The summed E-state index contributed by atoms with van der Waals surface area (Å²) >= 11 is 0. The van der Waals surface area contributed by atoms with Crippen LogP contribution in [0, 0.1) is 0 Å². The number of carbonyl (C=O) groups excluding carboxylic acids is 4. The molecule has 0 atom stereocenters. The maximum Gasteiger partial charge on any atom is 0.331 e. The highest BCUT2D eigenvalue weighted by Crippen LogP contribution is 2.26. The lowest BCUT2D eigenvalue weighted by Crippen LogP contribution is -2.60. The molecule has 9 heteroatoms. The average molecular weight is 466 g/mol. The zero-order chi connectivity index (χ0) is 25.0. The van der Waals surface area contributed by atoms with Crippen molar-refractivity contribution in [3.8, 4) is 11.5 Å². The first-order chi connectivity index (χ1) is 16.0. The maximum atomic E-state index is 12.9. The Morgan fingerprint density at radius 2 is 1.76 bits per heavy atom. The number of barbiturate groups is 1. The van der Waals surface area contributed by atoms with Crippen LogP contribution in [0.25, 0.3) is 6.08 Å². The molecule has 0 radical (unpaired) electrons. The molecule has 1 heterocycles. The van der Waals surface area contributed by atoms with E-state index in [9.17, 15) is 19.2 Å². The van der Waals surface area contributed by atoms with Crippen LogP contribution in [0.1, 0.15) is 38.8 Å². The lowest BCUT2D eigenvalue weighted by Gasteiger charge is -2.36. The Morgan fingerprint density at radius 1 is 1.09 bits per heavy atom. The minimum atomic E-state index is -0.796. The van der Waals surface area contributed by atoms with Crippen molar-refractivity contribution >= 4 is 35.5 Å². The van der Waals surface area contributed by atoms with Gasteiger partial charge in [-0.3, -0.25) is 24.6 Å². The molecule has 1 aliphatic rings. The summed E-state index contributed by atoms with van der Waals surface area (Å²) in [4.78, 5) is 49.7. The molecule has 5 amide bonds. The van der Waals surface area contributed by atoms with E-state index in [1.54, 1.807) is 63.2 Å². The van der Waals surface area contributed by atoms with Gasteiger partial charge in [-0.05, 0) is 68.8 Å². The maximum absolute atomic E-state index is 12.9. The molecule has 0 saturated carbocycles. The number of urea groups is 1. The third-order valence-electron chi connectivity index (χ3n) is 4.96. The highest BCUT2D eigenvalue weighted by Gasteiger charge is 2.41. The molecular weight excluding hydrogens is 438 g/mol. The van der Waals surface area contributed by atoms with Crippen LogP contribution in [0.3, 0.4) is 0 Å². The van der Waals surface area contributed by atoms with Crippen molar-refractivity contribution in [2.75, 3.05) is 12.4 Å². The molecule has 0 spiro atoms. The molecule has 1 saturated heterocycles. The molecule has 0 aliphatic carbocycles. The summed E-state index contributed by atoms with van der Waals surface area (Å²) in [6.07, 6.45) is 1.44. The minimum Gasteiger partial charge on any atom is -0.496 e. The molecule has 2 aromatic carbocycles. The Balaban J connectivity index is 1.84. The predicted octanol–water partition coefficient (Wildman–Crippen LogP) is 3.49. The summed E-state index contributed by atoms with van der Waals surface area (Å²) in [7, 11) is 1.53. The van der Waals surface area contributed by atoms with E-state index in [1.807, 2.05) is 0 Å². The fourth-order valence-electron chi connectivity index (χ4n) is 3.43. The van der Waals surface area contributed by atoms with E-state index in [2.05, 4.69) is 10.6 Å². The number of amides is 5. The molecule has 2 N–H and O–H groups in total. The number of nitrogens with one attached hydrogen (secondary N) is 2. The predicted molar refractivity (Wildman–Crippen MR) is 126 cm³/mol. The standard InChI is InChI=1S/C25H27N3O6/c1-15(29)26-18-7-9-19(10-8-18)34-14-17-12-16(6-11-21(17)33-5)13-20-22(30)27-24(32)28(23(20)31)25(2,3)4/h6-13H,14H2,1-5H3,(H,26,29)(H,27,30,32)/b20-13-. The normalized spacial score (nSPS) is 15.3. The number of methoxy groups -OCH3 is 1. The molecule has 34 heavy (non-hydrogen) atoms. The van der Waals surface area contributed by atoms with Gasteiger partial charge in [0.05, 0.1) is 7.11 Å². The number of hydrogen-bond donors (Lipinski definition) is 2. The van der Waals surface area contributed by atoms with Gasteiger partial charge in [0.2, 0.25) is 5.91 Å². The monoisotopic (exact) mass is 465 g/mol. The Hall–Kier alpha value is -4.14. The smallest absolute Gasteiger partial charge is 0.331 e. The third-order valence-corrected chi connectivity index (χ3v) is 4.96. The van der Waals surface area contributed by atoms with Gasteiger partial charge >= 0.3 is 6.03 Å². The van der Waals surface area contributed by atoms with Crippen molar-refractivity contribution in [1.82, 2.24) is 10.2 Å². The minimum absolute atomic E-state index is 0.139. The van der Waals surface area contributed by atoms with Gasteiger partial charge in [0, 0.05) is 23.7 Å². The first-order valence-electron chi connectivity index (χ1n) is 10.6. The van der Waals surface area contributed by atoms with E-state index in [1.165, 1.54) is 20.1 Å². The SMILES string of the molecule is COc1ccc(/C=C2/C(=O)NC(=O)N(C(C)(C)C)C2=O)cc1COc1ccc(NC(C)=O)cc1. The van der Waals surface area contributed by atoms with E-state index in [0.29, 0.717) is 28.3 Å². The number of hydrogen-bond acceptors (Lipinski definition) is 6. The second-order valence-corrected chi connectivity index (χ2v) is 8.69. The summed E-state index contributed by atoms with van der Waals surface area (Å²) in [6.45, 7) is 6.73. The quantitative estimate of drug-likeness (QED) is 0.499. The first-order valence-corrected chi connectivity index (χ1v) is 10.6. The van der Waals surface area contributed by atoms with E-state index < -0.39 is 23.4 Å². The van der Waals surface area contributed by atoms with Crippen LogP contribution in [0.5, 0.6) is 11.5 Å². The zero-order valence-electron chi connectivity index (χ0n) is 19.7. The highest BCUT2D eigenvalue weighted by atomic mass is 16.5. The van der Waals surface area contributed by atoms with Crippen molar-refractivity contribution in [3.05, 3.63) is 59.2 Å². The number of rotatable bonds is 6. The molecule has 178 valence electrons. The van der Waals surface area contributed by atoms with Crippen LogP contribution in [-0.2, 0) is 21.0 Å². The summed E-state index contributed by atoms with van der Waals surface area (Å²) in [5, 5.41) is 4.91. The van der Waals surface area contributed by atoms with Crippen molar-refractivity contribution in [1.29, 1.82) is 0 Å². The molecular formula is C25H27N3O6. The summed E-state index contributed by atoms with van der Waals surface area (Å²) in [5.74, 6) is -0.411. The third kappa shape index (κ3) is 5.61.